The molecule has 0 aliphatic carbocycles. The molecule has 1 N–H and O–H groups in total. The van der Waals surface area contributed by atoms with Crippen molar-refractivity contribution in [1.82, 2.24) is 4.90 Å². The SMILES string of the molecule is CC(=O)Nc1cccc(C(=O)N2CCN(c3ccccc3[N+](=O)[O-])CC2)c1. The Balaban J connectivity index is 1.68. The fourth-order valence-electron chi connectivity index (χ4n) is 3.15. The van der Waals surface area contributed by atoms with Gasteiger partial charge in [0.2, 0.25) is 5.91 Å². The lowest BCUT2D eigenvalue weighted by Gasteiger charge is -2.35. The number of hydrogen-bond acceptors (Lipinski definition) is 5. The predicted octanol–water partition coefficient (Wildman–Crippen LogP) is 2.52. The highest BCUT2D eigenvalue weighted by atomic mass is 16.6. The molecule has 27 heavy (non-hydrogen) atoms. The predicted molar refractivity (Wildman–Crippen MR) is 102 cm³/mol. The molecular weight excluding hydrogens is 348 g/mol. The fraction of sp³-hybridized carbons (Fsp3) is 0.263. The first-order valence-corrected chi connectivity index (χ1v) is 8.61. The van der Waals surface area contributed by atoms with Crippen molar-refractivity contribution in [3.05, 3.63) is 64.2 Å². The van der Waals surface area contributed by atoms with Crippen LogP contribution in [-0.4, -0.2) is 47.8 Å². The summed E-state index contributed by atoms with van der Waals surface area (Å²) in [6.07, 6.45) is 0. The molecule has 1 aliphatic heterocycles. The second-order valence-corrected chi connectivity index (χ2v) is 6.29. The van der Waals surface area contributed by atoms with Gasteiger partial charge < -0.3 is 15.1 Å². The zero-order valence-electron chi connectivity index (χ0n) is 14.9. The quantitative estimate of drug-likeness (QED) is 0.661. The highest BCUT2D eigenvalue weighted by Gasteiger charge is 2.26. The number of carbonyl (C=O) groups excluding carboxylic acids is 2. The minimum Gasteiger partial charge on any atom is -0.362 e. The average Bonchev–Trinajstić information content (AvgIpc) is 2.67. The highest BCUT2D eigenvalue weighted by Crippen LogP contribution is 2.28. The van der Waals surface area contributed by atoms with Crippen LogP contribution in [0.15, 0.2) is 48.5 Å². The van der Waals surface area contributed by atoms with Gasteiger partial charge in [0.05, 0.1) is 4.92 Å². The summed E-state index contributed by atoms with van der Waals surface area (Å²) in [5.41, 5.74) is 1.72. The second kappa shape index (κ2) is 7.86. The summed E-state index contributed by atoms with van der Waals surface area (Å²) in [7, 11) is 0. The Morgan fingerprint density at radius 2 is 1.74 bits per heavy atom. The number of anilines is 2. The molecule has 0 unspecified atom stereocenters. The normalized spacial score (nSPS) is 14.0. The van der Waals surface area contributed by atoms with Crippen molar-refractivity contribution in [2.75, 3.05) is 36.4 Å². The van der Waals surface area contributed by atoms with Gasteiger partial charge in [-0.2, -0.15) is 0 Å². The van der Waals surface area contributed by atoms with Crippen LogP contribution in [0.4, 0.5) is 17.1 Å². The average molecular weight is 368 g/mol. The van der Waals surface area contributed by atoms with Gasteiger partial charge in [-0.05, 0) is 24.3 Å². The lowest BCUT2D eigenvalue weighted by molar-refractivity contribution is -0.384. The molecule has 1 aliphatic rings. The van der Waals surface area contributed by atoms with Gasteiger partial charge in [-0.1, -0.05) is 18.2 Å². The van der Waals surface area contributed by atoms with Gasteiger partial charge in [0.1, 0.15) is 5.69 Å². The van der Waals surface area contributed by atoms with Gasteiger partial charge in [0.15, 0.2) is 0 Å². The van der Waals surface area contributed by atoms with Crippen LogP contribution in [0.1, 0.15) is 17.3 Å². The Hall–Kier alpha value is -3.42. The van der Waals surface area contributed by atoms with Gasteiger partial charge in [0.25, 0.3) is 11.6 Å². The standard InChI is InChI=1S/C19H20N4O4/c1-14(24)20-16-6-4-5-15(13-16)19(25)22-11-9-21(10-12-22)17-7-2-3-8-18(17)23(26)27/h2-8,13H,9-12H2,1H3,(H,20,24). The monoisotopic (exact) mass is 368 g/mol. The molecule has 0 spiro atoms. The Labute approximate surface area is 156 Å². The van der Waals surface area contributed by atoms with E-state index >= 15 is 0 Å². The van der Waals surface area contributed by atoms with Crippen molar-refractivity contribution in [1.29, 1.82) is 0 Å². The summed E-state index contributed by atoms with van der Waals surface area (Å²) >= 11 is 0. The van der Waals surface area contributed by atoms with E-state index in [0.29, 0.717) is 43.1 Å². The summed E-state index contributed by atoms with van der Waals surface area (Å²) < 4.78 is 0. The lowest BCUT2D eigenvalue weighted by Crippen LogP contribution is -2.49. The van der Waals surface area contributed by atoms with E-state index in [-0.39, 0.29) is 22.4 Å². The molecule has 1 heterocycles. The Kier molecular flexibility index (Phi) is 5.35. The van der Waals surface area contributed by atoms with Crippen molar-refractivity contribution < 1.29 is 14.5 Å². The number of hydrogen-bond donors (Lipinski definition) is 1. The second-order valence-electron chi connectivity index (χ2n) is 6.29. The van der Waals surface area contributed by atoms with Gasteiger partial charge in [-0.3, -0.25) is 19.7 Å². The zero-order valence-corrected chi connectivity index (χ0v) is 14.9. The number of nitro benzene ring substituents is 1. The molecule has 2 aromatic rings. The first-order chi connectivity index (χ1) is 13.0. The Morgan fingerprint density at radius 3 is 2.41 bits per heavy atom. The molecule has 2 amide bonds. The summed E-state index contributed by atoms with van der Waals surface area (Å²) in [5, 5.41) is 13.9. The van der Waals surface area contributed by atoms with Crippen LogP contribution >= 0.6 is 0 Å². The fourth-order valence-corrected chi connectivity index (χ4v) is 3.15. The van der Waals surface area contributed by atoms with E-state index in [1.54, 1.807) is 47.4 Å². The van der Waals surface area contributed by atoms with Crippen LogP contribution in [-0.2, 0) is 4.79 Å². The van der Waals surface area contributed by atoms with Crippen LogP contribution in [0.2, 0.25) is 0 Å². The van der Waals surface area contributed by atoms with E-state index in [9.17, 15) is 19.7 Å². The highest BCUT2D eigenvalue weighted by molar-refractivity contribution is 5.97. The molecule has 0 saturated carbocycles. The molecular formula is C19H20N4O4. The van der Waals surface area contributed by atoms with Crippen molar-refractivity contribution in [2.45, 2.75) is 6.92 Å². The number of para-hydroxylation sites is 2. The van der Waals surface area contributed by atoms with Crippen molar-refractivity contribution in [3.63, 3.8) is 0 Å². The molecule has 8 heteroatoms. The molecule has 1 fully saturated rings. The van der Waals surface area contributed by atoms with E-state index in [4.69, 9.17) is 0 Å². The number of carbonyl (C=O) groups is 2. The Bertz CT molecular complexity index is 876. The van der Waals surface area contributed by atoms with Crippen molar-refractivity contribution >= 4 is 28.9 Å². The van der Waals surface area contributed by atoms with Gasteiger partial charge in [-0.15, -0.1) is 0 Å². The zero-order chi connectivity index (χ0) is 19.4. The summed E-state index contributed by atoms with van der Waals surface area (Å²) in [6.45, 7) is 3.38. The van der Waals surface area contributed by atoms with Crippen LogP contribution < -0.4 is 10.2 Å². The molecule has 0 aromatic heterocycles. The van der Waals surface area contributed by atoms with E-state index in [1.807, 2.05) is 4.90 Å². The van der Waals surface area contributed by atoms with Gasteiger partial charge >= 0.3 is 0 Å². The Morgan fingerprint density at radius 1 is 1.04 bits per heavy atom. The number of benzene rings is 2. The van der Waals surface area contributed by atoms with Crippen molar-refractivity contribution in [2.24, 2.45) is 0 Å². The molecule has 3 rings (SSSR count). The minimum absolute atomic E-state index is 0.0697. The third kappa shape index (κ3) is 4.22. The molecule has 2 aromatic carbocycles. The smallest absolute Gasteiger partial charge is 0.292 e. The largest absolute Gasteiger partial charge is 0.362 e. The molecule has 1 saturated heterocycles. The maximum absolute atomic E-state index is 12.7. The molecule has 0 atom stereocenters. The molecule has 8 nitrogen and oxygen atoms in total. The third-order valence-corrected chi connectivity index (χ3v) is 4.42. The number of nitrogens with zero attached hydrogens (tertiary/aromatic N) is 3. The summed E-state index contributed by atoms with van der Waals surface area (Å²) in [4.78, 5) is 38.4. The van der Waals surface area contributed by atoms with Crippen LogP contribution in [0.3, 0.4) is 0 Å². The first-order valence-electron chi connectivity index (χ1n) is 8.61. The number of amides is 2. The number of nitro groups is 1. The number of nitrogens with one attached hydrogen (secondary N) is 1. The minimum atomic E-state index is -0.389. The van der Waals surface area contributed by atoms with Crippen LogP contribution in [0.5, 0.6) is 0 Å². The topological polar surface area (TPSA) is 95.8 Å². The van der Waals surface area contributed by atoms with E-state index in [2.05, 4.69) is 5.32 Å². The van der Waals surface area contributed by atoms with E-state index in [1.165, 1.54) is 13.0 Å². The maximum Gasteiger partial charge on any atom is 0.292 e. The van der Waals surface area contributed by atoms with Crippen molar-refractivity contribution in [3.8, 4) is 0 Å². The number of rotatable bonds is 4. The van der Waals surface area contributed by atoms with E-state index < -0.39 is 0 Å². The van der Waals surface area contributed by atoms with Gasteiger partial charge in [-0.25, -0.2) is 0 Å². The van der Waals surface area contributed by atoms with Gasteiger partial charge in [0, 0.05) is 50.4 Å². The molecule has 0 bridgehead atoms. The van der Waals surface area contributed by atoms with E-state index in [0.717, 1.165) is 0 Å². The maximum atomic E-state index is 12.7. The summed E-state index contributed by atoms with van der Waals surface area (Å²) in [5.74, 6) is -0.318. The molecule has 0 radical (unpaired) electrons. The molecule has 140 valence electrons. The first kappa shape index (κ1) is 18.4. The van der Waals surface area contributed by atoms with Crippen LogP contribution in [0.25, 0.3) is 0 Å². The number of piperazine rings is 1. The van der Waals surface area contributed by atoms with Crippen LogP contribution in [0, 0.1) is 10.1 Å². The third-order valence-electron chi connectivity index (χ3n) is 4.42. The summed E-state index contributed by atoms with van der Waals surface area (Å²) in [6, 6.07) is 13.4. The lowest BCUT2D eigenvalue weighted by atomic mass is 10.1.